The summed E-state index contributed by atoms with van der Waals surface area (Å²) in [5.74, 6) is 1.07. The number of nitrogens with one attached hydrogen (secondary N) is 1. The summed E-state index contributed by atoms with van der Waals surface area (Å²) in [4.78, 5) is 37.9. The molecule has 1 aromatic carbocycles. The molecule has 6 rings (SSSR count). The number of aryl methyl sites for hydroxylation is 3. The van der Waals surface area contributed by atoms with Crippen molar-refractivity contribution in [3.05, 3.63) is 58.5 Å². The second-order valence-electron chi connectivity index (χ2n) is 10.1. The molecule has 3 aromatic rings. The van der Waals surface area contributed by atoms with Crippen LogP contribution >= 0.6 is 0 Å². The van der Waals surface area contributed by atoms with Gasteiger partial charge in [0.25, 0.3) is 11.8 Å². The van der Waals surface area contributed by atoms with Crippen molar-refractivity contribution in [1.82, 2.24) is 24.8 Å². The van der Waals surface area contributed by atoms with Gasteiger partial charge in [0.2, 0.25) is 0 Å². The lowest BCUT2D eigenvalue weighted by molar-refractivity contribution is 0.0731. The zero-order valence-electron chi connectivity index (χ0n) is 19.7. The fourth-order valence-electron chi connectivity index (χ4n) is 4.94. The van der Waals surface area contributed by atoms with E-state index < -0.39 is 0 Å². The third-order valence-corrected chi connectivity index (χ3v) is 7.15. The molecule has 3 aliphatic rings. The average Bonchev–Trinajstić information content (AvgIpc) is 3.74. The van der Waals surface area contributed by atoms with Crippen molar-refractivity contribution in [2.24, 2.45) is 0 Å². The van der Waals surface area contributed by atoms with Crippen LogP contribution in [0.15, 0.2) is 30.3 Å². The Morgan fingerprint density at radius 3 is 2.59 bits per heavy atom. The Hall–Kier alpha value is -3.22. The highest BCUT2D eigenvalue weighted by atomic mass is 16.2. The van der Waals surface area contributed by atoms with Gasteiger partial charge in [-0.2, -0.15) is 0 Å². The minimum absolute atomic E-state index is 0.0154. The van der Waals surface area contributed by atoms with E-state index in [1.54, 1.807) is 0 Å². The van der Waals surface area contributed by atoms with Gasteiger partial charge in [0.15, 0.2) is 5.65 Å². The molecule has 7 nitrogen and oxygen atoms in total. The maximum Gasteiger partial charge on any atom is 0.256 e. The van der Waals surface area contributed by atoms with Crippen molar-refractivity contribution < 1.29 is 9.59 Å². The Bertz CT molecular complexity index is 1250. The standard InChI is InChI=1S/C27H31N5O2/c1-17-15-22(24-25(28-17)31-14-4-2-3-5-23(31)30-24)27(34)32(21-12-13-21)16-18-6-8-19(9-7-18)26(33)29-20-10-11-20/h6-9,15,20-21H,2-5,10-14,16H2,1H3,(H,29,33). The van der Waals surface area contributed by atoms with Crippen molar-refractivity contribution in [2.45, 2.75) is 83.5 Å². The fourth-order valence-corrected chi connectivity index (χ4v) is 4.94. The molecular weight excluding hydrogens is 426 g/mol. The third-order valence-electron chi connectivity index (χ3n) is 7.15. The van der Waals surface area contributed by atoms with Crippen molar-refractivity contribution >= 4 is 23.0 Å². The number of imidazole rings is 1. The van der Waals surface area contributed by atoms with E-state index in [-0.39, 0.29) is 17.9 Å². The van der Waals surface area contributed by atoms with Crippen LogP contribution in [-0.4, -0.2) is 43.3 Å². The first kappa shape index (κ1) is 21.3. The van der Waals surface area contributed by atoms with E-state index in [1.165, 1.54) is 6.42 Å². The summed E-state index contributed by atoms with van der Waals surface area (Å²) in [7, 11) is 0. The molecule has 0 radical (unpaired) electrons. The minimum atomic E-state index is -0.0154. The zero-order valence-corrected chi connectivity index (χ0v) is 19.7. The number of carbonyl (C=O) groups is 2. The molecule has 1 N–H and O–H groups in total. The molecule has 34 heavy (non-hydrogen) atoms. The maximum atomic E-state index is 13.9. The lowest BCUT2D eigenvalue weighted by Gasteiger charge is -2.23. The van der Waals surface area contributed by atoms with Gasteiger partial charge < -0.3 is 14.8 Å². The molecule has 2 fully saturated rings. The van der Waals surface area contributed by atoms with Gasteiger partial charge in [-0.1, -0.05) is 18.6 Å². The van der Waals surface area contributed by atoms with Crippen LogP contribution in [0.4, 0.5) is 0 Å². The van der Waals surface area contributed by atoms with Crippen LogP contribution in [0.3, 0.4) is 0 Å². The quantitative estimate of drug-likeness (QED) is 0.603. The number of amides is 2. The summed E-state index contributed by atoms with van der Waals surface area (Å²) < 4.78 is 2.22. The number of hydrogen-bond acceptors (Lipinski definition) is 4. The molecule has 2 aliphatic carbocycles. The number of aromatic nitrogens is 3. The van der Waals surface area contributed by atoms with Gasteiger partial charge in [0.05, 0.1) is 5.56 Å². The highest BCUT2D eigenvalue weighted by molar-refractivity contribution is 6.04. The average molecular weight is 458 g/mol. The van der Waals surface area contributed by atoms with Crippen LogP contribution in [0, 0.1) is 6.92 Å². The van der Waals surface area contributed by atoms with Crippen LogP contribution in [0.1, 0.15) is 82.7 Å². The number of fused-ring (bicyclic) bond motifs is 3. The summed E-state index contributed by atoms with van der Waals surface area (Å²) in [6.45, 7) is 3.41. The second-order valence-corrected chi connectivity index (χ2v) is 10.1. The summed E-state index contributed by atoms with van der Waals surface area (Å²) in [5.41, 5.74) is 4.81. The van der Waals surface area contributed by atoms with E-state index >= 15 is 0 Å². The largest absolute Gasteiger partial charge is 0.349 e. The number of pyridine rings is 1. The topological polar surface area (TPSA) is 80.1 Å². The lowest BCUT2D eigenvalue weighted by atomic mass is 10.1. The highest BCUT2D eigenvalue weighted by Crippen LogP contribution is 2.32. The van der Waals surface area contributed by atoms with Crippen molar-refractivity contribution in [3.8, 4) is 0 Å². The van der Waals surface area contributed by atoms with Gasteiger partial charge in [0, 0.05) is 42.9 Å². The van der Waals surface area contributed by atoms with Gasteiger partial charge in [-0.05, 0) is 69.2 Å². The van der Waals surface area contributed by atoms with E-state index in [4.69, 9.17) is 9.97 Å². The van der Waals surface area contributed by atoms with Crippen LogP contribution in [0.5, 0.6) is 0 Å². The van der Waals surface area contributed by atoms with Gasteiger partial charge >= 0.3 is 0 Å². The number of rotatable bonds is 6. The number of benzene rings is 1. The molecule has 2 saturated carbocycles. The molecule has 1 aliphatic heterocycles. The lowest BCUT2D eigenvalue weighted by Crippen LogP contribution is -2.33. The Morgan fingerprint density at radius 2 is 1.85 bits per heavy atom. The first-order valence-electron chi connectivity index (χ1n) is 12.6. The molecule has 7 heteroatoms. The van der Waals surface area contributed by atoms with E-state index in [0.29, 0.717) is 23.7 Å². The smallest absolute Gasteiger partial charge is 0.256 e. The van der Waals surface area contributed by atoms with Crippen molar-refractivity contribution in [2.75, 3.05) is 0 Å². The van der Waals surface area contributed by atoms with Crippen molar-refractivity contribution in [3.63, 3.8) is 0 Å². The normalized spacial score (nSPS) is 17.8. The molecular formula is C27H31N5O2. The predicted octanol–water partition coefficient (Wildman–Crippen LogP) is 4.16. The SMILES string of the molecule is Cc1cc(C(=O)N(Cc2ccc(C(=O)NC3CC3)cc2)C2CC2)c2nc3n(c2n1)CCCCC3. The molecule has 2 amide bonds. The van der Waals surface area contributed by atoms with Gasteiger partial charge in [0.1, 0.15) is 11.3 Å². The molecule has 176 valence electrons. The molecule has 0 bridgehead atoms. The number of carbonyl (C=O) groups excluding carboxylic acids is 2. The van der Waals surface area contributed by atoms with E-state index in [9.17, 15) is 9.59 Å². The molecule has 3 heterocycles. The Labute approximate surface area is 199 Å². The van der Waals surface area contributed by atoms with Gasteiger partial charge in [-0.25, -0.2) is 9.97 Å². The predicted molar refractivity (Wildman–Crippen MR) is 130 cm³/mol. The first-order valence-corrected chi connectivity index (χ1v) is 12.6. The third kappa shape index (κ3) is 4.19. The Kier molecular flexibility index (Phi) is 5.35. The highest BCUT2D eigenvalue weighted by Gasteiger charge is 2.35. The van der Waals surface area contributed by atoms with Crippen LogP contribution in [0.25, 0.3) is 11.2 Å². The van der Waals surface area contributed by atoms with Gasteiger partial charge in [-0.15, -0.1) is 0 Å². The van der Waals surface area contributed by atoms with Crippen LogP contribution < -0.4 is 5.32 Å². The maximum absolute atomic E-state index is 13.9. The summed E-state index contributed by atoms with van der Waals surface area (Å²) >= 11 is 0. The Morgan fingerprint density at radius 1 is 1.06 bits per heavy atom. The Balaban J connectivity index is 1.28. The van der Waals surface area contributed by atoms with Gasteiger partial charge in [-0.3, -0.25) is 9.59 Å². The van der Waals surface area contributed by atoms with E-state index in [1.807, 2.05) is 42.2 Å². The first-order chi connectivity index (χ1) is 16.6. The summed E-state index contributed by atoms with van der Waals surface area (Å²) in [6.07, 6.45) is 8.61. The minimum Gasteiger partial charge on any atom is -0.349 e. The summed E-state index contributed by atoms with van der Waals surface area (Å²) in [6, 6.07) is 10.2. The molecule has 0 atom stereocenters. The second kappa shape index (κ2) is 8.53. The molecule has 0 unspecified atom stereocenters. The van der Waals surface area contributed by atoms with Crippen molar-refractivity contribution in [1.29, 1.82) is 0 Å². The molecule has 0 saturated heterocycles. The summed E-state index contributed by atoms with van der Waals surface area (Å²) in [5, 5.41) is 3.03. The number of hydrogen-bond donors (Lipinski definition) is 1. The van der Waals surface area contributed by atoms with Crippen LogP contribution in [-0.2, 0) is 19.5 Å². The van der Waals surface area contributed by atoms with Crippen LogP contribution in [0.2, 0.25) is 0 Å². The molecule has 2 aromatic heterocycles. The fraction of sp³-hybridized carbons (Fsp3) is 0.481. The van der Waals surface area contributed by atoms with E-state index in [2.05, 4.69) is 9.88 Å². The molecule has 0 spiro atoms. The van der Waals surface area contributed by atoms with E-state index in [0.717, 1.165) is 79.7 Å². The number of nitrogens with zero attached hydrogens (tertiary/aromatic N) is 4. The zero-order chi connectivity index (χ0) is 23.2. The monoisotopic (exact) mass is 457 g/mol.